The second-order valence-electron chi connectivity index (χ2n) is 16.9. The fraction of sp³-hybridized carbons (Fsp3) is 0.0508. The van der Waals surface area contributed by atoms with Crippen molar-refractivity contribution in [1.29, 1.82) is 0 Å². The minimum absolute atomic E-state index is 0.0558. The van der Waals surface area contributed by atoms with Crippen molar-refractivity contribution in [2.24, 2.45) is 0 Å². The van der Waals surface area contributed by atoms with E-state index in [9.17, 15) is 0 Å². The summed E-state index contributed by atoms with van der Waals surface area (Å²) in [6.45, 7) is 4.69. The summed E-state index contributed by atoms with van der Waals surface area (Å²) in [5.41, 5.74) is 17.5. The van der Waals surface area contributed by atoms with Gasteiger partial charge < -0.3 is 9.32 Å². The Kier molecular flexibility index (Phi) is 7.92. The van der Waals surface area contributed by atoms with E-state index in [1.54, 1.807) is 0 Å². The van der Waals surface area contributed by atoms with E-state index in [4.69, 9.17) is 4.42 Å². The molecule has 10 aromatic carbocycles. The van der Waals surface area contributed by atoms with E-state index in [1.165, 1.54) is 66.1 Å². The third kappa shape index (κ3) is 5.64. The van der Waals surface area contributed by atoms with Gasteiger partial charge in [-0.1, -0.05) is 172 Å². The molecule has 0 aliphatic heterocycles. The number of rotatable bonds is 6. The van der Waals surface area contributed by atoms with Crippen LogP contribution in [0, 0.1) is 0 Å². The smallest absolute Gasteiger partial charge is 0.136 e. The molecule has 61 heavy (non-hydrogen) atoms. The molecule has 0 saturated carbocycles. The van der Waals surface area contributed by atoms with Crippen LogP contribution in [0.3, 0.4) is 0 Å². The first-order chi connectivity index (χ1) is 30.0. The fourth-order valence-electron chi connectivity index (χ4n) is 10.0. The lowest BCUT2D eigenvalue weighted by molar-refractivity contribution is 0.660. The van der Waals surface area contributed by atoms with Crippen molar-refractivity contribution in [3.05, 3.63) is 223 Å². The van der Waals surface area contributed by atoms with Crippen LogP contribution in [0.5, 0.6) is 0 Å². The molecular weight excluding hydrogens is 739 g/mol. The molecule has 1 heterocycles. The van der Waals surface area contributed by atoms with Gasteiger partial charge in [0.05, 0.1) is 5.69 Å². The Labute approximate surface area is 355 Å². The number of anilines is 3. The molecule has 0 atom stereocenters. The van der Waals surface area contributed by atoms with Gasteiger partial charge in [-0.05, 0) is 126 Å². The summed E-state index contributed by atoms with van der Waals surface area (Å²) in [7, 11) is 0. The summed E-state index contributed by atoms with van der Waals surface area (Å²) < 4.78 is 6.39. The first-order valence-corrected chi connectivity index (χ1v) is 21.2. The van der Waals surface area contributed by atoms with Gasteiger partial charge in [0.15, 0.2) is 0 Å². The Morgan fingerprint density at radius 3 is 1.77 bits per heavy atom. The van der Waals surface area contributed by atoms with Crippen LogP contribution in [-0.4, -0.2) is 0 Å². The van der Waals surface area contributed by atoms with Gasteiger partial charge in [0, 0.05) is 33.1 Å². The van der Waals surface area contributed by atoms with E-state index in [2.05, 4.69) is 219 Å². The topological polar surface area (TPSA) is 16.4 Å². The Balaban J connectivity index is 0.975. The molecule has 288 valence electrons. The summed E-state index contributed by atoms with van der Waals surface area (Å²) in [6, 6.07) is 77.4. The van der Waals surface area contributed by atoms with Crippen molar-refractivity contribution in [3.63, 3.8) is 0 Å². The van der Waals surface area contributed by atoms with Crippen molar-refractivity contribution in [3.8, 4) is 44.5 Å². The van der Waals surface area contributed by atoms with Crippen LogP contribution in [0.15, 0.2) is 217 Å². The zero-order valence-electron chi connectivity index (χ0n) is 34.1. The average Bonchev–Trinajstić information content (AvgIpc) is 3.80. The maximum absolute atomic E-state index is 6.39. The van der Waals surface area contributed by atoms with Crippen LogP contribution < -0.4 is 4.90 Å². The van der Waals surface area contributed by atoms with Gasteiger partial charge in [-0.3, -0.25) is 0 Å². The van der Waals surface area contributed by atoms with Gasteiger partial charge in [-0.2, -0.15) is 0 Å². The van der Waals surface area contributed by atoms with E-state index in [0.29, 0.717) is 0 Å². The van der Waals surface area contributed by atoms with Gasteiger partial charge in [-0.15, -0.1) is 0 Å². The largest absolute Gasteiger partial charge is 0.456 e. The molecular formula is C59H41NO. The van der Waals surface area contributed by atoms with Gasteiger partial charge in [0.2, 0.25) is 0 Å². The van der Waals surface area contributed by atoms with E-state index >= 15 is 0 Å². The SMILES string of the molecule is CC1(C)c2ccccc2-c2ccc(-c3ccc(N(c4ccc(-c5cccc6c5ccc5ccccc56)cc4)c4ccccc4-c4ccc5c(c4)oc4ccccc45)cc3)cc21. The molecule has 1 aromatic heterocycles. The summed E-state index contributed by atoms with van der Waals surface area (Å²) in [6.07, 6.45) is 0. The fourth-order valence-corrected chi connectivity index (χ4v) is 10.0. The third-order valence-corrected chi connectivity index (χ3v) is 13.1. The molecule has 11 aromatic rings. The number of hydrogen-bond donors (Lipinski definition) is 0. The maximum atomic E-state index is 6.39. The van der Waals surface area contributed by atoms with Crippen molar-refractivity contribution in [2.45, 2.75) is 19.3 Å². The average molecular weight is 780 g/mol. The highest BCUT2D eigenvalue weighted by Gasteiger charge is 2.35. The molecule has 1 aliphatic rings. The van der Waals surface area contributed by atoms with Crippen LogP contribution >= 0.6 is 0 Å². The minimum atomic E-state index is -0.0558. The lowest BCUT2D eigenvalue weighted by atomic mass is 9.81. The van der Waals surface area contributed by atoms with E-state index < -0.39 is 0 Å². The lowest BCUT2D eigenvalue weighted by Crippen LogP contribution is -2.14. The van der Waals surface area contributed by atoms with E-state index in [0.717, 1.165) is 50.1 Å². The highest BCUT2D eigenvalue weighted by Crippen LogP contribution is 2.50. The lowest BCUT2D eigenvalue weighted by Gasteiger charge is -2.28. The second-order valence-corrected chi connectivity index (χ2v) is 16.9. The van der Waals surface area contributed by atoms with Crippen LogP contribution in [0.2, 0.25) is 0 Å². The maximum Gasteiger partial charge on any atom is 0.136 e. The second kappa shape index (κ2) is 13.7. The molecule has 2 heteroatoms. The molecule has 12 rings (SSSR count). The number of hydrogen-bond acceptors (Lipinski definition) is 2. The standard InChI is InChI=1S/C59H41NO/c1-59(2)54-19-8-5-15-50(54)51-34-27-41(36-55(51)59)38-22-29-43(30-23-38)60(56-20-9-6-14-47(56)42-28-35-53-52-16-7-10-21-57(52)61-58(53)37-42)44-31-24-40(25-32-44)46-17-11-18-48-45-13-4-3-12-39(45)26-33-49(46)48/h3-37H,1-2H3. The summed E-state index contributed by atoms with van der Waals surface area (Å²) in [5.74, 6) is 0. The van der Waals surface area contributed by atoms with Crippen molar-refractivity contribution >= 4 is 60.5 Å². The summed E-state index contributed by atoms with van der Waals surface area (Å²) in [4.78, 5) is 2.39. The molecule has 0 saturated heterocycles. The molecule has 0 N–H and O–H groups in total. The highest BCUT2D eigenvalue weighted by atomic mass is 16.3. The zero-order chi connectivity index (χ0) is 40.7. The Morgan fingerprint density at radius 2 is 0.934 bits per heavy atom. The molecule has 0 bridgehead atoms. The van der Waals surface area contributed by atoms with Gasteiger partial charge in [0.25, 0.3) is 0 Å². The normalized spacial score (nSPS) is 12.9. The van der Waals surface area contributed by atoms with Crippen LogP contribution in [0.4, 0.5) is 17.1 Å². The zero-order valence-corrected chi connectivity index (χ0v) is 34.1. The molecule has 0 amide bonds. The summed E-state index contributed by atoms with van der Waals surface area (Å²) in [5, 5.41) is 7.32. The number of benzene rings is 10. The molecule has 2 nitrogen and oxygen atoms in total. The quantitative estimate of drug-likeness (QED) is 0.156. The highest BCUT2D eigenvalue weighted by molar-refractivity contribution is 6.12. The number of nitrogens with zero attached hydrogens (tertiary/aromatic N) is 1. The van der Waals surface area contributed by atoms with Crippen LogP contribution in [-0.2, 0) is 5.41 Å². The van der Waals surface area contributed by atoms with Gasteiger partial charge in [-0.25, -0.2) is 0 Å². The Morgan fingerprint density at radius 1 is 0.344 bits per heavy atom. The predicted molar refractivity (Wildman–Crippen MR) is 257 cm³/mol. The minimum Gasteiger partial charge on any atom is -0.456 e. The molecule has 0 radical (unpaired) electrons. The predicted octanol–water partition coefficient (Wildman–Crippen LogP) is 16.7. The van der Waals surface area contributed by atoms with Gasteiger partial charge >= 0.3 is 0 Å². The molecule has 1 aliphatic carbocycles. The molecule has 0 fully saturated rings. The van der Waals surface area contributed by atoms with Gasteiger partial charge in [0.1, 0.15) is 11.2 Å². The van der Waals surface area contributed by atoms with Crippen molar-refractivity contribution in [1.82, 2.24) is 0 Å². The summed E-state index contributed by atoms with van der Waals surface area (Å²) >= 11 is 0. The third-order valence-electron chi connectivity index (χ3n) is 13.1. The van der Waals surface area contributed by atoms with Crippen LogP contribution in [0.25, 0.3) is 88.0 Å². The number of fused-ring (bicyclic) bond motifs is 9. The van der Waals surface area contributed by atoms with E-state index in [1.807, 2.05) is 12.1 Å². The Bertz CT molecular complexity index is 3500. The first kappa shape index (κ1) is 35.3. The molecule has 0 spiro atoms. The van der Waals surface area contributed by atoms with Crippen molar-refractivity contribution < 1.29 is 4.42 Å². The number of para-hydroxylation sites is 2. The Hall–Kier alpha value is -7.68. The molecule has 0 unspecified atom stereocenters. The number of furan rings is 1. The van der Waals surface area contributed by atoms with Crippen molar-refractivity contribution in [2.75, 3.05) is 4.90 Å². The first-order valence-electron chi connectivity index (χ1n) is 21.2. The van der Waals surface area contributed by atoms with Crippen LogP contribution in [0.1, 0.15) is 25.0 Å². The van der Waals surface area contributed by atoms with E-state index in [-0.39, 0.29) is 5.41 Å². The monoisotopic (exact) mass is 779 g/mol.